The number of ether oxygens (including phenoxy) is 2. The molecule has 0 radical (unpaired) electrons. The Balaban J connectivity index is 2.62. The fourth-order valence-electron chi connectivity index (χ4n) is 5.39. The third-order valence-electron chi connectivity index (χ3n) is 7.54. The van der Waals surface area contributed by atoms with Gasteiger partial charge in [-0.15, -0.1) is 0 Å². The molecular formula is C39H59N3O7. The summed E-state index contributed by atoms with van der Waals surface area (Å²) in [6.07, 6.45) is 4.27. The van der Waals surface area contributed by atoms with Crippen molar-refractivity contribution in [1.82, 2.24) is 15.5 Å². The highest BCUT2D eigenvalue weighted by Crippen LogP contribution is 2.27. The highest BCUT2D eigenvalue weighted by atomic mass is 16.6. The molecule has 0 aliphatic carbocycles. The average molecular weight is 682 g/mol. The fourth-order valence-corrected chi connectivity index (χ4v) is 5.39. The molecule has 0 spiro atoms. The van der Waals surface area contributed by atoms with Gasteiger partial charge in [-0.05, 0) is 83.6 Å². The van der Waals surface area contributed by atoms with Gasteiger partial charge in [0.15, 0.2) is 0 Å². The van der Waals surface area contributed by atoms with E-state index in [1.165, 1.54) is 17.0 Å². The van der Waals surface area contributed by atoms with Gasteiger partial charge in [0.1, 0.15) is 35.1 Å². The van der Waals surface area contributed by atoms with Gasteiger partial charge in [0.2, 0.25) is 11.8 Å². The molecule has 0 aromatic heterocycles. The van der Waals surface area contributed by atoms with Crippen molar-refractivity contribution < 1.29 is 33.8 Å². The van der Waals surface area contributed by atoms with Gasteiger partial charge in [0.05, 0.1) is 0 Å². The number of carbonyl (C=O) groups excluding carboxylic acids is 4. The topological polar surface area (TPSA) is 134 Å². The van der Waals surface area contributed by atoms with E-state index in [1.807, 2.05) is 44.2 Å². The number of nitrogens with zero attached hydrogens (tertiary/aromatic N) is 1. The highest BCUT2D eigenvalue weighted by molar-refractivity contribution is 5.94. The molecule has 10 heteroatoms. The molecule has 0 fully saturated rings. The zero-order valence-corrected chi connectivity index (χ0v) is 31.0. The first-order valence-corrected chi connectivity index (χ1v) is 17.6. The van der Waals surface area contributed by atoms with Crippen LogP contribution in [0.4, 0.5) is 4.79 Å². The average Bonchev–Trinajstić information content (AvgIpc) is 2.98. The van der Waals surface area contributed by atoms with Crippen LogP contribution in [0.5, 0.6) is 5.75 Å². The minimum absolute atomic E-state index is 0.000311. The molecule has 2 rings (SSSR count). The van der Waals surface area contributed by atoms with Crippen molar-refractivity contribution in [3.05, 3.63) is 65.7 Å². The van der Waals surface area contributed by atoms with Crippen molar-refractivity contribution in [2.24, 2.45) is 5.92 Å². The number of hydrogen-bond donors (Lipinski definition) is 3. The summed E-state index contributed by atoms with van der Waals surface area (Å²) in [5.74, 6) is -1.60. The molecule has 2 aromatic rings. The lowest BCUT2D eigenvalue weighted by molar-refractivity contribution is -0.159. The Labute approximate surface area is 293 Å². The fraction of sp³-hybridized carbons (Fsp3) is 0.590. The third kappa shape index (κ3) is 15.3. The van der Waals surface area contributed by atoms with Crippen LogP contribution in [-0.2, 0) is 30.3 Å². The first kappa shape index (κ1) is 41.1. The molecule has 272 valence electrons. The largest absolute Gasteiger partial charge is 0.508 e. The van der Waals surface area contributed by atoms with Crippen molar-refractivity contribution in [2.45, 2.75) is 137 Å². The summed E-state index contributed by atoms with van der Waals surface area (Å²) in [5, 5.41) is 15.8. The van der Waals surface area contributed by atoms with Crippen LogP contribution in [0, 0.1) is 5.92 Å². The number of phenols is 1. The van der Waals surface area contributed by atoms with Gasteiger partial charge >= 0.3 is 12.1 Å². The van der Waals surface area contributed by atoms with Gasteiger partial charge < -0.3 is 30.1 Å². The van der Waals surface area contributed by atoms with Gasteiger partial charge in [-0.1, -0.05) is 88.9 Å². The van der Waals surface area contributed by atoms with Crippen LogP contribution >= 0.6 is 0 Å². The van der Waals surface area contributed by atoms with Crippen LogP contribution in [0.1, 0.15) is 118 Å². The Bertz CT molecular complexity index is 1330. The van der Waals surface area contributed by atoms with Crippen LogP contribution in [0.2, 0.25) is 0 Å². The van der Waals surface area contributed by atoms with Gasteiger partial charge in [-0.3, -0.25) is 9.59 Å². The predicted octanol–water partition coefficient (Wildman–Crippen LogP) is 7.24. The molecule has 0 saturated carbocycles. The summed E-state index contributed by atoms with van der Waals surface area (Å²) in [6, 6.07) is 12.2. The lowest BCUT2D eigenvalue weighted by Crippen LogP contribution is -2.55. The molecular weight excluding hydrogens is 622 g/mol. The summed E-state index contributed by atoms with van der Waals surface area (Å²) in [5.41, 5.74) is -0.314. The first-order chi connectivity index (χ1) is 22.9. The van der Waals surface area contributed by atoms with E-state index < -0.39 is 53.2 Å². The second kappa shape index (κ2) is 19.2. The lowest BCUT2D eigenvalue weighted by Gasteiger charge is -2.36. The summed E-state index contributed by atoms with van der Waals surface area (Å²) < 4.78 is 11.2. The van der Waals surface area contributed by atoms with E-state index in [1.54, 1.807) is 53.7 Å². The van der Waals surface area contributed by atoms with Gasteiger partial charge in [0.25, 0.3) is 0 Å². The maximum atomic E-state index is 14.6. The molecule has 49 heavy (non-hydrogen) atoms. The van der Waals surface area contributed by atoms with Crippen LogP contribution < -0.4 is 10.6 Å². The van der Waals surface area contributed by atoms with E-state index in [2.05, 4.69) is 17.6 Å². The summed E-state index contributed by atoms with van der Waals surface area (Å²) >= 11 is 0. The van der Waals surface area contributed by atoms with Crippen LogP contribution in [0.15, 0.2) is 54.6 Å². The summed E-state index contributed by atoms with van der Waals surface area (Å²) in [4.78, 5) is 57.2. The molecule has 3 amide bonds. The highest BCUT2D eigenvalue weighted by Gasteiger charge is 2.38. The van der Waals surface area contributed by atoms with Gasteiger partial charge in [-0.2, -0.15) is 0 Å². The van der Waals surface area contributed by atoms with Crippen molar-refractivity contribution in [3.63, 3.8) is 0 Å². The summed E-state index contributed by atoms with van der Waals surface area (Å²) in [6.45, 7) is 16.8. The van der Waals surface area contributed by atoms with Crippen molar-refractivity contribution in [3.8, 4) is 5.75 Å². The second-order valence-corrected chi connectivity index (χ2v) is 15.1. The van der Waals surface area contributed by atoms with Gasteiger partial charge in [-0.25, -0.2) is 9.59 Å². The molecule has 0 bridgehead atoms. The van der Waals surface area contributed by atoms with E-state index >= 15 is 0 Å². The van der Waals surface area contributed by atoms with E-state index in [9.17, 15) is 24.3 Å². The van der Waals surface area contributed by atoms with Crippen LogP contribution in [-0.4, -0.2) is 63.7 Å². The maximum absolute atomic E-state index is 14.6. The second-order valence-electron chi connectivity index (χ2n) is 15.1. The van der Waals surface area contributed by atoms with Crippen molar-refractivity contribution in [1.29, 1.82) is 0 Å². The quantitative estimate of drug-likeness (QED) is 0.118. The molecule has 0 saturated heterocycles. The maximum Gasteiger partial charge on any atom is 0.408 e. The Morgan fingerprint density at radius 1 is 0.776 bits per heavy atom. The predicted molar refractivity (Wildman–Crippen MR) is 192 cm³/mol. The molecule has 0 heterocycles. The Kier molecular flexibility index (Phi) is 16.1. The normalized spacial score (nSPS) is 13.6. The minimum Gasteiger partial charge on any atom is -0.508 e. The molecule has 3 atom stereocenters. The molecule has 10 nitrogen and oxygen atoms in total. The first-order valence-electron chi connectivity index (χ1n) is 17.6. The Hall–Kier alpha value is -4.08. The number of esters is 1. The SMILES string of the molecule is CCCCCCCN(C(=O)C(CC(C)C)NC(=O)OC(C)(C)C)C(C(=O)NC(Cc1ccccc1)C(=O)OC(C)(C)C)c1ccc(O)cc1. The zero-order valence-electron chi connectivity index (χ0n) is 31.0. The number of alkyl carbamates (subject to hydrolysis) is 1. The number of hydrogen-bond acceptors (Lipinski definition) is 7. The molecule has 3 unspecified atom stereocenters. The number of rotatable bonds is 17. The summed E-state index contributed by atoms with van der Waals surface area (Å²) in [7, 11) is 0. The Morgan fingerprint density at radius 3 is 1.92 bits per heavy atom. The van der Waals surface area contributed by atoms with E-state index in [-0.39, 0.29) is 24.6 Å². The lowest BCUT2D eigenvalue weighted by atomic mass is 9.98. The smallest absolute Gasteiger partial charge is 0.408 e. The molecule has 0 aliphatic rings. The molecule has 2 aromatic carbocycles. The van der Waals surface area contributed by atoms with E-state index in [4.69, 9.17) is 9.47 Å². The van der Waals surface area contributed by atoms with E-state index in [0.717, 1.165) is 31.2 Å². The monoisotopic (exact) mass is 681 g/mol. The van der Waals surface area contributed by atoms with Crippen molar-refractivity contribution in [2.75, 3.05) is 6.54 Å². The van der Waals surface area contributed by atoms with E-state index in [0.29, 0.717) is 18.4 Å². The molecule has 0 aliphatic heterocycles. The number of benzene rings is 2. The number of carbonyl (C=O) groups is 4. The van der Waals surface area contributed by atoms with Crippen LogP contribution in [0.3, 0.4) is 0 Å². The minimum atomic E-state index is -1.19. The zero-order chi connectivity index (χ0) is 36.8. The molecule has 3 N–H and O–H groups in total. The number of amides is 3. The third-order valence-corrected chi connectivity index (χ3v) is 7.54. The van der Waals surface area contributed by atoms with Crippen LogP contribution in [0.25, 0.3) is 0 Å². The van der Waals surface area contributed by atoms with Gasteiger partial charge in [0, 0.05) is 13.0 Å². The number of nitrogens with one attached hydrogen (secondary N) is 2. The number of phenolic OH excluding ortho intramolecular Hbond substituents is 1. The Morgan fingerprint density at radius 2 is 1.37 bits per heavy atom. The standard InChI is InChI=1S/C39H59N3O7/c1-10-11-12-13-17-24-42(35(45)31(25-27(2)3)41-37(47)49-39(7,8)9)33(29-20-22-30(43)23-21-29)34(44)40-32(36(46)48-38(4,5)6)26-28-18-15-14-16-19-28/h14-16,18-23,27,31-33,43H,10-13,17,24-26H2,1-9H3,(H,40,44)(H,41,47). The van der Waals surface area contributed by atoms with Crippen molar-refractivity contribution >= 4 is 23.9 Å². The number of unbranched alkanes of at least 4 members (excludes halogenated alkanes) is 4. The number of aromatic hydroxyl groups is 1.